The molecular formula is C4H12ClNOS. The van der Waals surface area contributed by atoms with Crippen LogP contribution in [0.3, 0.4) is 0 Å². The summed E-state index contributed by atoms with van der Waals surface area (Å²) in [4.78, 5) is 0. The Hall–Kier alpha value is 0.400. The van der Waals surface area contributed by atoms with Gasteiger partial charge in [-0.3, -0.25) is 4.21 Å². The molecule has 1 atom stereocenters. The summed E-state index contributed by atoms with van der Waals surface area (Å²) in [6, 6.07) is 0. The van der Waals surface area contributed by atoms with Crippen LogP contribution in [-0.4, -0.2) is 22.3 Å². The molecule has 1 unspecified atom stereocenters. The molecule has 0 saturated heterocycles. The fourth-order valence-electron chi connectivity index (χ4n) is 0.276. The Bertz CT molecular complexity index is 69.1. The second-order valence-electron chi connectivity index (χ2n) is 1.22. The normalized spacial score (nSPS) is 12.2. The summed E-state index contributed by atoms with van der Waals surface area (Å²) in [5, 5.41) is 0. The van der Waals surface area contributed by atoms with Gasteiger partial charge in [0.05, 0.1) is 0 Å². The lowest BCUT2D eigenvalue weighted by Crippen LogP contribution is -2.10. The van der Waals surface area contributed by atoms with Crippen molar-refractivity contribution in [1.82, 2.24) is 0 Å². The first-order valence-electron chi connectivity index (χ1n) is 2.36. The van der Waals surface area contributed by atoms with E-state index < -0.39 is 10.8 Å². The third-order valence-corrected chi connectivity index (χ3v) is 2.00. The number of hydrogen-bond acceptors (Lipinski definition) is 2. The van der Waals surface area contributed by atoms with Gasteiger partial charge in [0.25, 0.3) is 0 Å². The van der Waals surface area contributed by atoms with Crippen molar-refractivity contribution < 1.29 is 4.21 Å². The van der Waals surface area contributed by atoms with Crippen molar-refractivity contribution in [2.75, 3.05) is 18.1 Å². The van der Waals surface area contributed by atoms with Crippen LogP contribution >= 0.6 is 12.4 Å². The number of rotatable bonds is 3. The van der Waals surface area contributed by atoms with E-state index in [1.165, 1.54) is 0 Å². The SMILES string of the molecule is CCS(=O)CCN.Cl. The Morgan fingerprint density at radius 1 is 1.62 bits per heavy atom. The molecule has 0 saturated carbocycles. The first-order valence-corrected chi connectivity index (χ1v) is 3.85. The average Bonchev–Trinajstić information content (AvgIpc) is 1.68. The third-order valence-electron chi connectivity index (χ3n) is 0.667. The maximum Gasteiger partial charge on any atom is 0.0357 e. The molecule has 0 spiro atoms. The first kappa shape index (κ1) is 11.2. The summed E-state index contributed by atoms with van der Waals surface area (Å²) >= 11 is 0. The topological polar surface area (TPSA) is 43.1 Å². The zero-order valence-corrected chi connectivity index (χ0v) is 6.56. The van der Waals surface area contributed by atoms with E-state index >= 15 is 0 Å². The molecule has 4 heteroatoms. The Morgan fingerprint density at radius 3 is 2.25 bits per heavy atom. The van der Waals surface area contributed by atoms with Crippen molar-refractivity contribution in [3.05, 3.63) is 0 Å². The molecule has 0 heterocycles. The van der Waals surface area contributed by atoms with E-state index in [4.69, 9.17) is 5.73 Å². The number of nitrogens with two attached hydrogens (primary N) is 1. The summed E-state index contributed by atoms with van der Waals surface area (Å²) < 4.78 is 10.4. The van der Waals surface area contributed by atoms with Crippen LogP contribution in [0.4, 0.5) is 0 Å². The van der Waals surface area contributed by atoms with Gasteiger partial charge in [0, 0.05) is 28.9 Å². The smallest absolute Gasteiger partial charge is 0.0357 e. The molecule has 2 nitrogen and oxygen atoms in total. The highest BCUT2D eigenvalue weighted by Gasteiger charge is 1.88. The molecular weight excluding hydrogens is 146 g/mol. The van der Waals surface area contributed by atoms with Crippen LogP contribution in [0.15, 0.2) is 0 Å². The van der Waals surface area contributed by atoms with Crippen LogP contribution in [0.1, 0.15) is 6.92 Å². The number of hydrogen-bond donors (Lipinski definition) is 1. The summed E-state index contributed by atoms with van der Waals surface area (Å²) in [5.74, 6) is 1.38. The number of halogens is 1. The quantitative estimate of drug-likeness (QED) is 0.633. The van der Waals surface area contributed by atoms with Crippen LogP contribution in [0, 0.1) is 0 Å². The summed E-state index contributed by atoms with van der Waals surface area (Å²) in [6.07, 6.45) is 0. The van der Waals surface area contributed by atoms with Crippen LogP contribution in [0.5, 0.6) is 0 Å². The van der Waals surface area contributed by atoms with Gasteiger partial charge < -0.3 is 5.73 Å². The Balaban J connectivity index is 0. The molecule has 0 aromatic rings. The molecule has 2 N–H and O–H groups in total. The Labute approximate surface area is 58.7 Å². The van der Waals surface area contributed by atoms with Crippen LogP contribution in [0.25, 0.3) is 0 Å². The molecule has 52 valence electrons. The predicted molar refractivity (Wildman–Crippen MR) is 39.9 cm³/mol. The molecule has 0 aliphatic heterocycles. The van der Waals surface area contributed by atoms with E-state index in [1.807, 2.05) is 6.92 Å². The van der Waals surface area contributed by atoms with E-state index in [2.05, 4.69) is 0 Å². The molecule has 0 amide bonds. The van der Waals surface area contributed by atoms with Crippen molar-refractivity contribution in [3.63, 3.8) is 0 Å². The van der Waals surface area contributed by atoms with Gasteiger partial charge in [-0.25, -0.2) is 0 Å². The second kappa shape index (κ2) is 7.40. The summed E-state index contributed by atoms with van der Waals surface area (Å²) in [6.45, 7) is 2.44. The van der Waals surface area contributed by atoms with E-state index in [-0.39, 0.29) is 12.4 Å². The Kier molecular flexibility index (Phi) is 10.4. The molecule has 0 bridgehead atoms. The minimum absolute atomic E-state index is 0. The minimum atomic E-state index is -0.652. The molecule has 0 aromatic carbocycles. The first-order chi connectivity index (χ1) is 3.31. The summed E-state index contributed by atoms with van der Waals surface area (Å²) in [7, 11) is -0.652. The van der Waals surface area contributed by atoms with E-state index in [9.17, 15) is 4.21 Å². The zero-order chi connectivity index (χ0) is 5.70. The Morgan fingerprint density at radius 2 is 2.12 bits per heavy atom. The maximum atomic E-state index is 10.4. The van der Waals surface area contributed by atoms with Crippen molar-refractivity contribution in [1.29, 1.82) is 0 Å². The highest BCUT2D eigenvalue weighted by atomic mass is 35.5. The lowest BCUT2D eigenvalue weighted by Gasteiger charge is -1.89. The second-order valence-corrected chi connectivity index (χ2v) is 3.09. The van der Waals surface area contributed by atoms with Crippen molar-refractivity contribution in [2.24, 2.45) is 5.73 Å². The summed E-state index contributed by atoms with van der Waals surface area (Å²) in [5.41, 5.74) is 5.11. The van der Waals surface area contributed by atoms with Crippen molar-refractivity contribution in [2.45, 2.75) is 6.92 Å². The molecule has 0 radical (unpaired) electrons. The van der Waals surface area contributed by atoms with Crippen LogP contribution < -0.4 is 5.73 Å². The highest BCUT2D eigenvalue weighted by Crippen LogP contribution is 1.75. The maximum absolute atomic E-state index is 10.4. The van der Waals surface area contributed by atoms with Gasteiger partial charge in [-0.15, -0.1) is 12.4 Å². The molecule has 0 fully saturated rings. The fraction of sp³-hybridized carbons (Fsp3) is 1.00. The largest absolute Gasteiger partial charge is 0.330 e. The molecule has 0 aliphatic rings. The van der Waals surface area contributed by atoms with Gasteiger partial charge in [-0.1, -0.05) is 6.92 Å². The van der Waals surface area contributed by atoms with Crippen LogP contribution in [0.2, 0.25) is 0 Å². The zero-order valence-electron chi connectivity index (χ0n) is 4.92. The highest BCUT2D eigenvalue weighted by molar-refractivity contribution is 7.84. The standard InChI is InChI=1S/C4H11NOS.ClH/c1-2-7(6)4-3-5;/h2-5H2,1H3;1H. The van der Waals surface area contributed by atoms with Crippen LogP contribution in [-0.2, 0) is 10.8 Å². The lowest BCUT2D eigenvalue weighted by molar-refractivity contribution is 0.683. The third kappa shape index (κ3) is 6.40. The minimum Gasteiger partial charge on any atom is -0.330 e. The molecule has 0 aliphatic carbocycles. The van der Waals surface area contributed by atoms with Gasteiger partial charge in [-0.05, 0) is 0 Å². The monoisotopic (exact) mass is 157 g/mol. The van der Waals surface area contributed by atoms with E-state index in [0.717, 1.165) is 5.75 Å². The average molecular weight is 158 g/mol. The van der Waals surface area contributed by atoms with Gasteiger partial charge >= 0.3 is 0 Å². The lowest BCUT2D eigenvalue weighted by atomic mass is 10.8. The van der Waals surface area contributed by atoms with Gasteiger partial charge in [0.2, 0.25) is 0 Å². The van der Waals surface area contributed by atoms with Crippen molar-refractivity contribution >= 4 is 23.2 Å². The van der Waals surface area contributed by atoms with E-state index in [1.54, 1.807) is 0 Å². The predicted octanol–water partition coefficient (Wildman–Crippen LogP) is 0.136. The van der Waals surface area contributed by atoms with Gasteiger partial charge in [0.1, 0.15) is 0 Å². The van der Waals surface area contributed by atoms with E-state index in [0.29, 0.717) is 12.3 Å². The molecule has 0 rings (SSSR count). The fourth-order valence-corrected chi connectivity index (χ4v) is 0.827. The molecule has 0 aromatic heterocycles. The van der Waals surface area contributed by atoms with Crippen molar-refractivity contribution in [3.8, 4) is 0 Å². The molecule has 8 heavy (non-hydrogen) atoms. The van der Waals surface area contributed by atoms with Gasteiger partial charge in [0.15, 0.2) is 0 Å². The van der Waals surface area contributed by atoms with Gasteiger partial charge in [-0.2, -0.15) is 0 Å².